The summed E-state index contributed by atoms with van der Waals surface area (Å²) in [6, 6.07) is 25.4. The molecular weight excluding hydrogens is 456 g/mol. The van der Waals surface area contributed by atoms with Crippen molar-refractivity contribution in [3.05, 3.63) is 102 Å². The minimum Gasteiger partial charge on any atom is -0.391 e. The van der Waals surface area contributed by atoms with Crippen molar-refractivity contribution < 1.29 is 19.4 Å². The molecule has 3 aromatic carbocycles. The van der Waals surface area contributed by atoms with Gasteiger partial charge in [-0.1, -0.05) is 72.8 Å². The first-order valence-corrected chi connectivity index (χ1v) is 11.7. The van der Waals surface area contributed by atoms with E-state index in [-0.39, 0.29) is 12.3 Å². The van der Waals surface area contributed by atoms with E-state index in [0.717, 1.165) is 11.1 Å². The third-order valence-corrected chi connectivity index (χ3v) is 5.94. The first-order chi connectivity index (χ1) is 17.5. The second kappa shape index (κ2) is 11.9. The Morgan fingerprint density at radius 3 is 2.08 bits per heavy atom. The number of nitrogens with two attached hydrogens (primary N) is 1. The Morgan fingerprint density at radius 2 is 1.44 bits per heavy atom. The summed E-state index contributed by atoms with van der Waals surface area (Å²) in [5.41, 5.74) is 8.78. The molecule has 1 aromatic heterocycles. The van der Waals surface area contributed by atoms with Gasteiger partial charge in [-0.2, -0.15) is 0 Å². The molecule has 0 spiro atoms. The number of ether oxygens (including phenoxy) is 1. The zero-order chi connectivity index (χ0) is 25.3. The van der Waals surface area contributed by atoms with E-state index in [1.165, 1.54) is 6.20 Å². The molecule has 36 heavy (non-hydrogen) atoms. The molecule has 0 bridgehead atoms. The van der Waals surface area contributed by atoms with E-state index < -0.39 is 30.1 Å². The van der Waals surface area contributed by atoms with Gasteiger partial charge in [0.05, 0.1) is 29.4 Å². The molecule has 2 amide bonds. The quantitative estimate of drug-likeness (QED) is 0.316. The van der Waals surface area contributed by atoms with Crippen LogP contribution in [0, 0.1) is 5.92 Å². The van der Waals surface area contributed by atoms with E-state index in [9.17, 15) is 14.7 Å². The number of hydrogen-bond acceptors (Lipinski definition) is 6. The predicted molar refractivity (Wildman–Crippen MR) is 136 cm³/mol. The molecule has 0 aliphatic rings. The molecule has 0 radical (unpaired) electrons. The van der Waals surface area contributed by atoms with Gasteiger partial charge >= 0.3 is 6.09 Å². The van der Waals surface area contributed by atoms with Crippen LogP contribution in [0.2, 0.25) is 0 Å². The van der Waals surface area contributed by atoms with Crippen molar-refractivity contribution in [1.82, 2.24) is 15.3 Å². The molecule has 4 aromatic rings. The molecule has 0 aliphatic heterocycles. The number of aliphatic hydroxyl groups excluding tert-OH is 1. The predicted octanol–water partition coefficient (Wildman–Crippen LogP) is 3.42. The third kappa shape index (κ3) is 6.86. The Kier molecular flexibility index (Phi) is 8.20. The van der Waals surface area contributed by atoms with Crippen LogP contribution in [0.15, 0.2) is 91.1 Å². The number of fused-ring (bicyclic) bond motifs is 1. The zero-order valence-corrected chi connectivity index (χ0v) is 19.7. The van der Waals surface area contributed by atoms with Gasteiger partial charge in [0.1, 0.15) is 0 Å². The average molecular weight is 485 g/mol. The lowest BCUT2D eigenvalue weighted by Gasteiger charge is -2.26. The average Bonchev–Trinajstić information content (AvgIpc) is 2.89. The van der Waals surface area contributed by atoms with Gasteiger partial charge in [-0.05, 0) is 42.5 Å². The smallest absolute Gasteiger partial charge is 0.391 e. The standard InChI is InChI=1S/C28H28N4O4/c29-27(34)21(15-19-9-3-1-4-10-19)17-25(33)24(16-20-11-5-2-6-12-20)32-28(35)36-26-18-30-22-13-7-8-14-23(22)31-26/h1-14,18,21,24-25,33H,15-17H2,(H2,29,34)(H,32,35)/t21-,24+,25+/m1/s1. The lowest BCUT2D eigenvalue weighted by molar-refractivity contribution is -0.122. The van der Waals surface area contributed by atoms with E-state index in [4.69, 9.17) is 10.5 Å². The molecule has 1 heterocycles. The maximum atomic E-state index is 12.8. The topological polar surface area (TPSA) is 127 Å². The lowest BCUT2D eigenvalue weighted by atomic mass is 9.89. The molecule has 8 nitrogen and oxygen atoms in total. The first kappa shape index (κ1) is 24.8. The number of carbonyl (C=O) groups is 2. The third-order valence-electron chi connectivity index (χ3n) is 5.94. The highest BCUT2D eigenvalue weighted by Gasteiger charge is 2.28. The lowest BCUT2D eigenvalue weighted by Crippen LogP contribution is -2.47. The number of aliphatic hydroxyl groups is 1. The summed E-state index contributed by atoms with van der Waals surface area (Å²) in [6.07, 6.45) is 0.338. The molecule has 184 valence electrons. The number of primary amides is 1. The van der Waals surface area contributed by atoms with Crippen LogP contribution in [-0.4, -0.2) is 39.2 Å². The molecular formula is C28H28N4O4. The maximum absolute atomic E-state index is 12.8. The van der Waals surface area contributed by atoms with Crippen LogP contribution in [0.3, 0.4) is 0 Å². The number of carbonyl (C=O) groups excluding carboxylic acids is 2. The van der Waals surface area contributed by atoms with Crippen molar-refractivity contribution in [2.24, 2.45) is 11.7 Å². The highest BCUT2D eigenvalue weighted by molar-refractivity contribution is 5.77. The second-order valence-electron chi connectivity index (χ2n) is 8.62. The fourth-order valence-corrected chi connectivity index (χ4v) is 4.07. The first-order valence-electron chi connectivity index (χ1n) is 11.7. The summed E-state index contributed by atoms with van der Waals surface area (Å²) in [5, 5.41) is 13.9. The summed E-state index contributed by atoms with van der Waals surface area (Å²) in [7, 11) is 0. The van der Waals surface area contributed by atoms with Crippen LogP contribution in [0.5, 0.6) is 5.88 Å². The van der Waals surface area contributed by atoms with Gasteiger partial charge in [-0.3, -0.25) is 4.79 Å². The van der Waals surface area contributed by atoms with Crippen molar-refractivity contribution >= 4 is 23.0 Å². The normalized spacial score (nSPS) is 13.5. The summed E-state index contributed by atoms with van der Waals surface area (Å²) >= 11 is 0. The SMILES string of the molecule is NC(=O)[C@H](Cc1ccccc1)C[C@H](O)[C@H](Cc1ccccc1)NC(=O)Oc1cnc2ccccc2n1. The van der Waals surface area contributed by atoms with Crippen LogP contribution in [0.25, 0.3) is 11.0 Å². The molecule has 4 rings (SSSR count). The van der Waals surface area contributed by atoms with Crippen LogP contribution >= 0.6 is 0 Å². The van der Waals surface area contributed by atoms with E-state index in [2.05, 4.69) is 15.3 Å². The van der Waals surface area contributed by atoms with Gasteiger partial charge in [-0.25, -0.2) is 14.8 Å². The van der Waals surface area contributed by atoms with Crippen LogP contribution < -0.4 is 15.8 Å². The number of nitrogens with zero attached hydrogens (tertiary/aromatic N) is 2. The summed E-state index contributed by atoms with van der Waals surface area (Å²) < 4.78 is 5.36. The molecule has 8 heteroatoms. The number of para-hydroxylation sites is 2. The van der Waals surface area contributed by atoms with E-state index in [1.807, 2.05) is 78.9 Å². The summed E-state index contributed by atoms with van der Waals surface area (Å²) in [5.74, 6) is -1.08. The summed E-state index contributed by atoms with van der Waals surface area (Å²) in [6.45, 7) is 0. The number of aromatic nitrogens is 2. The van der Waals surface area contributed by atoms with Crippen LogP contribution in [-0.2, 0) is 17.6 Å². The zero-order valence-electron chi connectivity index (χ0n) is 19.7. The number of nitrogens with one attached hydrogen (secondary N) is 1. The van der Waals surface area contributed by atoms with E-state index in [0.29, 0.717) is 23.9 Å². The molecule has 0 aliphatic carbocycles. The van der Waals surface area contributed by atoms with Gasteiger partial charge in [0, 0.05) is 5.92 Å². The highest BCUT2D eigenvalue weighted by Crippen LogP contribution is 2.19. The Bertz CT molecular complexity index is 1300. The van der Waals surface area contributed by atoms with Crippen LogP contribution in [0.4, 0.5) is 4.79 Å². The van der Waals surface area contributed by atoms with E-state index >= 15 is 0 Å². The highest BCUT2D eigenvalue weighted by atomic mass is 16.6. The molecule has 4 N–H and O–H groups in total. The number of hydrogen-bond donors (Lipinski definition) is 3. The maximum Gasteiger partial charge on any atom is 0.414 e. The monoisotopic (exact) mass is 484 g/mol. The Hall–Kier alpha value is -4.30. The fraction of sp³-hybridized carbons (Fsp3) is 0.214. The van der Waals surface area contributed by atoms with Crippen molar-refractivity contribution in [1.29, 1.82) is 0 Å². The molecule has 0 unspecified atom stereocenters. The van der Waals surface area contributed by atoms with Crippen molar-refractivity contribution in [2.75, 3.05) is 0 Å². The molecule has 0 fully saturated rings. The minimum atomic E-state index is -1.05. The van der Waals surface area contributed by atoms with Crippen molar-refractivity contribution in [2.45, 2.75) is 31.4 Å². The Balaban J connectivity index is 1.47. The van der Waals surface area contributed by atoms with Gasteiger partial charge in [0.25, 0.3) is 0 Å². The largest absolute Gasteiger partial charge is 0.414 e. The minimum absolute atomic E-state index is 0.0400. The van der Waals surface area contributed by atoms with Crippen molar-refractivity contribution in [3.63, 3.8) is 0 Å². The van der Waals surface area contributed by atoms with Gasteiger partial charge < -0.3 is 20.9 Å². The second-order valence-corrected chi connectivity index (χ2v) is 8.62. The van der Waals surface area contributed by atoms with E-state index in [1.54, 1.807) is 6.07 Å². The number of benzene rings is 3. The number of rotatable bonds is 10. The number of amides is 2. The Morgan fingerprint density at radius 1 is 0.861 bits per heavy atom. The van der Waals surface area contributed by atoms with Crippen LogP contribution in [0.1, 0.15) is 17.5 Å². The fourth-order valence-electron chi connectivity index (χ4n) is 4.07. The van der Waals surface area contributed by atoms with Crippen molar-refractivity contribution in [3.8, 4) is 5.88 Å². The molecule has 0 saturated heterocycles. The molecule has 0 saturated carbocycles. The summed E-state index contributed by atoms with van der Waals surface area (Å²) in [4.78, 5) is 33.5. The van der Waals surface area contributed by atoms with Gasteiger partial charge in [-0.15, -0.1) is 0 Å². The Labute approximate surface area is 209 Å². The molecule has 3 atom stereocenters. The van der Waals surface area contributed by atoms with Gasteiger partial charge in [0.15, 0.2) is 0 Å². The van der Waals surface area contributed by atoms with Gasteiger partial charge in [0.2, 0.25) is 11.8 Å².